The molecular weight excluding hydrogens is 385 g/mol. The fourth-order valence-corrected chi connectivity index (χ4v) is 2.87. The van der Waals surface area contributed by atoms with Crippen LogP contribution in [0.3, 0.4) is 0 Å². The van der Waals surface area contributed by atoms with Crippen LogP contribution < -0.4 is 10.6 Å². The van der Waals surface area contributed by atoms with Crippen molar-refractivity contribution in [3.05, 3.63) is 89.6 Å². The van der Waals surface area contributed by atoms with Gasteiger partial charge in [0.1, 0.15) is 11.6 Å². The summed E-state index contributed by atoms with van der Waals surface area (Å²) in [6, 6.07) is 16.5. The number of carbonyl (C=O) groups is 1. The molecular formula is C22H18FN5O2. The highest BCUT2D eigenvalue weighted by Crippen LogP contribution is 2.25. The Kier molecular flexibility index (Phi) is 5.47. The molecule has 0 fully saturated rings. The fraction of sp³-hybridized carbons (Fsp3) is 0.0909. The van der Waals surface area contributed by atoms with Crippen LogP contribution in [0.2, 0.25) is 0 Å². The van der Waals surface area contributed by atoms with Gasteiger partial charge in [0.2, 0.25) is 0 Å². The standard InChI is InChI=1S/C22H18FN5O2/c1-14-26-22(30-28-14)19-6-3-11-24-20(19)25-13-15-4-2-5-18(12-15)27-21(29)16-7-9-17(23)10-8-16/h2-12H,13H2,1H3,(H,24,25)(H,27,29). The third-order valence-electron chi connectivity index (χ3n) is 4.32. The van der Waals surface area contributed by atoms with Crippen LogP contribution in [0.15, 0.2) is 71.4 Å². The van der Waals surface area contributed by atoms with Crippen molar-refractivity contribution < 1.29 is 13.7 Å². The molecule has 4 rings (SSSR count). The molecule has 0 aliphatic heterocycles. The molecule has 0 aliphatic carbocycles. The second kappa shape index (κ2) is 8.52. The lowest BCUT2D eigenvalue weighted by Gasteiger charge is -2.10. The number of nitrogens with zero attached hydrogens (tertiary/aromatic N) is 3. The van der Waals surface area contributed by atoms with Gasteiger partial charge in [-0.2, -0.15) is 4.98 Å². The van der Waals surface area contributed by atoms with Gasteiger partial charge >= 0.3 is 0 Å². The zero-order valence-electron chi connectivity index (χ0n) is 16.1. The second-order valence-corrected chi connectivity index (χ2v) is 6.56. The van der Waals surface area contributed by atoms with Gasteiger partial charge in [0.25, 0.3) is 11.8 Å². The summed E-state index contributed by atoms with van der Waals surface area (Å²) in [6.45, 7) is 2.22. The van der Waals surface area contributed by atoms with Gasteiger partial charge in [-0.15, -0.1) is 0 Å². The van der Waals surface area contributed by atoms with Crippen LogP contribution in [0.1, 0.15) is 21.7 Å². The van der Waals surface area contributed by atoms with E-state index >= 15 is 0 Å². The van der Waals surface area contributed by atoms with E-state index in [1.165, 1.54) is 24.3 Å². The molecule has 7 nitrogen and oxygen atoms in total. The molecule has 0 unspecified atom stereocenters. The molecule has 0 saturated heterocycles. The number of aryl methyl sites for hydroxylation is 1. The van der Waals surface area contributed by atoms with Crippen LogP contribution in [-0.2, 0) is 6.54 Å². The molecule has 30 heavy (non-hydrogen) atoms. The highest BCUT2D eigenvalue weighted by molar-refractivity contribution is 6.04. The van der Waals surface area contributed by atoms with E-state index in [-0.39, 0.29) is 11.7 Å². The number of amides is 1. The maximum atomic E-state index is 13.0. The lowest BCUT2D eigenvalue weighted by Crippen LogP contribution is -2.12. The Labute approximate surface area is 172 Å². The summed E-state index contributed by atoms with van der Waals surface area (Å²) in [6.07, 6.45) is 1.67. The van der Waals surface area contributed by atoms with E-state index in [4.69, 9.17) is 4.52 Å². The molecule has 4 aromatic rings. The summed E-state index contributed by atoms with van der Waals surface area (Å²) < 4.78 is 18.3. The third-order valence-corrected chi connectivity index (χ3v) is 4.32. The summed E-state index contributed by atoms with van der Waals surface area (Å²) in [7, 11) is 0. The Morgan fingerprint density at radius 1 is 1.10 bits per heavy atom. The van der Waals surface area contributed by atoms with Gasteiger partial charge in [-0.25, -0.2) is 9.37 Å². The summed E-state index contributed by atoms with van der Waals surface area (Å²) in [5.41, 5.74) is 2.66. The molecule has 2 aromatic carbocycles. The van der Waals surface area contributed by atoms with Crippen LogP contribution >= 0.6 is 0 Å². The predicted molar refractivity (Wildman–Crippen MR) is 110 cm³/mol. The van der Waals surface area contributed by atoms with E-state index < -0.39 is 0 Å². The zero-order valence-corrected chi connectivity index (χ0v) is 16.1. The van der Waals surface area contributed by atoms with E-state index in [0.717, 1.165) is 5.56 Å². The average Bonchev–Trinajstić information content (AvgIpc) is 3.19. The van der Waals surface area contributed by atoms with Crippen LogP contribution in [0.4, 0.5) is 15.9 Å². The largest absolute Gasteiger partial charge is 0.365 e. The van der Waals surface area contributed by atoms with Crippen molar-refractivity contribution in [2.75, 3.05) is 10.6 Å². The van der Waals surface area contributed by atoms with Gasteiger partial charge in [-0.05, 0) is 61.0 Å². The lowest BCUT2D eigenvalue weighted by atomic mass is 10.1. The number of hydrogen-bond acceptors (Lipinski definition) is 6. The summed E-state index contributed by atoms with van der Waals surface area (Å²) in [5, 5.41) is 9.90. The predicted octanol–water partition coefficient (Wildman–Crippen LogP) is 4.44. The molecule has 150 valence electrons. The number of hydrogen-bond donors (Lipinski definition) is 2. The first-order valence-corrected chi connectivity index (χ1v) is 9.24. The lowest BCUT2D eigenvalue weighted by molar-refractivity contribution is 0.102. The number of carbonyl (C=O) groups excluding carboxylic acids is 1. The Hall–Kier alpha value is -4.07. The van der Waals surface area contributed by atoms with Crippen molar-refractivity contribution in [3.63, 3.8) is 0 Å². The Balaban J connectivity index is 1.45. The van der Waals surface area contributed by atoms with Crippen LogP contribution in [0.5, 0.6) is 0 Å². The monoisotopic (exact) mass is 403 g/mol. The van der Waals surface area contributed by atoms with Crippen molar-refractivity contribution in [1.82, 2.24) is 15.1 Å². The minimum atomic E-state index is -0.385. The molecule has 2 N–H and O–H groups in total. The van der Waals surface area contributed by atoms with Crippen molar-refractivity contribution in [1.29, 1.82) is 0 Å². The van der Waals surface area contributed by atoms with E-state index in [2.05, 4.69) is 25.8 Å². The van der Waals surface area contributed by atoms with Crippen LogP contribution in [0.25, 0.3) is 11.5 Å². The first-order chi connectivity index (χ1) is 14.6. The summed E-state index contributed by atoms with van der Waals surface area (Å²) in [4.78, 5) is 20.9. The number of rotatable bonds is 6. The number of aromatic nitrogens is 3. The van der Waals surface area contributed by atoms with Crippen molar-refractivity contribution in [3.8, 4) is 11.5 Å². The quantitative estimate of drug-likeness (QED) is 0.494. The Bertz CT molecular complexity index is 1170. The van der Waals surface area contributed by atoms with Gasteiger partial charge in [0, 0.05) is 24.0 Å². The van der Waals surface area contributed by atoms with Crippen LogP contribution in [-0.4, -0.2) is 21.0 Å². The maximum absolute atomic E-state index is 13.0. The topological polar surface area (TPSA) is 92.9 Å². The van der Waals surface area contributed by atoms with E-state index in [9.17, 15) is 9.18 Å². The summed E-state index contributed by atoms with van der Waals surface area (Å²) >= 11 is 0. The number of halogens is 1. The molecule has 0 radical (unpaired) electrons. The van der Waals surface area contributed by atoms with Gasteiger partial charge in [0.15, 0.2) is 5.82 Å². The fourth-order valence-electron chi connectivity index (χ4n) is 2.87. The second-order valence-electron chi connectivity index (χ2n) is 6.56. The Morgan fingerprint density at radius 3 is 2.70 bits per heavy atom. The minimum absolute atomic E-state index is 0.307. The number of nitrogens with one attached hydrogen (secondary N) is 2. The zero-order chi connectivity index (χ0) is 20.9. The van der Waals surface area contributed by atoms with Gasteiger partial charge in [-0.3, -0.25) is 4.79 Å². The smallest absolute Gasteiger partial charge is 0.261 e. The highest BCUT2D eigenvalue weighted by atomic mass is 19.1. The molecule has 0 aliphatic rings. The molecule has 2 aromatic heterocycles. The number of benzene rings is 2. The maximum Gasteiger partial charge on any atom is 0.261 e. The van der Waals surface area contributed by atoms with Crippen molar-refractivity contribution in [2.45, 2.75) is 13.5 Å². The first kappa shape index (κ1) is 19.3. The molecule has 8 heteroatoms. The third kappa shape index (κ3) is 4.49. The van der Waals surface area contributed by atoms with Gasteiger partial charge < -0.3 is 15.2 Å². The molecule has 0 saturated carbocycles. The van der Waals surface area contributed by atoms with E-state index in [1.807, 2.05) is 24.3 Å². The molecule has 0 spiro atoms. The molecule has 2 heterocycles. The molecule has 0 bridgehead atoms. The summed E-state index contributed by atoms with van der Waals surface area (Å²) in [5.74, 6) is 0.859. The number of pyridine rings is 1. The SMILES string of the molecule is Cc1noc(-c2cccnc2NCc2cccc(NC(=O)c3ccc(F)cc3)c2)n1. The van der Waals surface area contributed by atoms with Gasteiger partial charge in [0.05, 0.1) is 5.56 Å². The first-order valence-electron chi connectivity index (χ1n) is 9.24. The van der Waals surface area contributed by atoms with Crippen LogP contribution in [0, 0.1) is 12.7 Å². The van der Waals surface area contributed by atoms with Crippen molar-refractivity contribution >= 4 is 17.4 Å². The van der Waals surface area contributed by atoms with Gasteiger partial charge in [-0.1, -0.05) is 17.3 Å². The highest BCUT2D eigenvalue weighted by Gasteiger charge is 2.12. The Morgan fingerprint density at radius 2 is 1.93 bits per heavy atom. The molecule has 1 amide bonds. The number of anilines is 2. The normalized spacial score (nSPS) is 10.6. The molecule has 0 atom stereocenters. The van der Waals surface area contributed by atoms with Crippen molar-refractivity contribution in [2.24, 2.45) is 0 Å². The van der Waals surface area contributed by atoms with E-state index in [0.29, 0.717) is 40.9 Å². The average molecular weight is 403 g/mol. The minimum Gasteiger partial charge on any atom is -0.365 e. The van der Waals surface area contributed by atoms with E-state index in [1.54, 1.807) is 25.3 Å².